The number of hydrogen-bond donors (Lipinski definition) is 0. The minimum absolute atomic E-state index is 0.0910. The van der Waals surface area contributed by atoms with Crippen LogP contribution >= 0.6 is 0 Å². The molecule has 0 aliphatic heterocycles. The lowest BCUT2D eigenvalue weighted by atomic mass is 10.0. The Bertz CT molecular complexity index is 392. The third-order valence-corrected chi connectivity index (χ3v) is 3.12. The molecule has 17 heavy (non-hydrogen) atoms. The lowest BCUT2D eigenvalue weighted by molar-refractivity contribution is 0.0163. The zero-order valence-corrected chi connectivity index (χ0v) is 10.3. The molecule has 3 heteroatoms. The molecule has 0 atom stereocenters. The SMILES string of the molecule is CCc1ccc(OCC2CC2)cc1C(C)(F)F. The predicted octanol–water partition coefficient (Wildman–Crippen LogP) is 4.15. The third kappa shape index (κ3) is 3.18. The Labute approximate surface area is 101 Å². The normalized spacial score (nSPS) is 16.0. The van der Waals surface area contributed by atoms with Crippen LogP contribution in [-0.4, -0.2) is 6.61 Å². The number of aryl methyl sites for hydroxylation is 1. The van der Waals surface area contributed by atoms with Crippen LogP contribution in [-0.2, 0) is 12.3 Å². The summed E-state index contributed by atoms with van der Waals surface area (Å²) in [7, 11) is 0. The molecule has 0 amide bonds. The zero-order valence-electron chi connectivity index (χ0n) is 10.3. The van der Waals surface area contributed by atoms with E-state index in [2.05, 4.69) is 0 Å². The van der Waals surface area contributed by atoms with Gasteiger partial charge in [-0.15, -0.1) is 0 Å². The maximum atomic E-state index is 13.4. The third-order valence-electron chi connectivity index (χ3n) is 3.12. The second kappa shape index (κ2) is 4.63. The monoisotopic (exact) mass is 240 g/mol. The molecule has 94 valence electrons. The molecule has 1 aromatic carbocycles. The van der Waals surface area contributed by atoms with Crippen LogP contribution in [0.2, 0.25) is 0 Å². The molecule has 1 fully saturated rings. The molecule has 0 saturated heterocycles. The Morgan fingerprint density at radius 2 is 2.06 bits per heavy atom. The summed E-state index contributed by atoms with van der Waals surface area (Å²) in [6, 6.07) is 5.02. The fourth-order valence-electron chi connectivity index (χ4n) is 1.86. The number of hydrogen-bond acceptors (Lipinski definition) is 1. The van der Waals surface area contributed by atoms with Crippen LogP contribution in [0.4, 0.5) is 8.78 Å². The fraction of sp³-hybridized carbons (Fsp3) is 0.571. The van der Waals surface area contributed by atoms with Gasteiger partial charge in [-0.3, -0.25) is 0 Å². The highest BCUT2D eigenvalue weighted by atomic mass is 19.3. The minimum atomic E-state index is -2.80. The lowest BCUT2D eigenvalue weighted by Crippen LogP contribution is -2.11. The maximum absolute atomic E-state index is 13.4. The van der Waals surface area contributed by atoms with Crippen molar-refractivity contribution in [3.8, 4) is 5.75 Å². The predicted molar refractivity (Wildman–Crippen MR) is 63.6 cm³/mol. The summed E-state index contributed by atoms with van der Waals surface area (Å²) in [5.41, 5.74) is 0.782. The van der Waals surface area contributed by atoms with Gasteiger partial charge < -0.3 is 4.74 Å². The van der Waals surface area contributed by atoms with E-state index in [4.69, 9.17) is 4.74 Å². The topological polar surface area (TPSA) is 9.23 Å². The smallest absolute Gasteiger partial charge is 0.270 e. The Morgan fingerprint density at radius 3 is 2.59 bits per heavy atom. The highest BCUT2D eigenvalue weighted by molar-refractivity contribution is 5.38. The number of rotatable bonds is 5. The molecule has 0 aromatic heterocycles. The molecule has 1 aliphatic carbocycles. The Balaban J connectivity index is 2.17. The van der Waals surface area contributed by atoms with Gasteiger partial charge in [-0.1, -0.05) is 13.0 Å². The van der Waals surface area contributed by atoms with Crippen LogP contribution in [0, 0.1) is 5.92 Å². The Hall–Kier alpha value is -1.12. The van der Waals surface area contributed by atoms with Crippen molar-refractivity contribution >= 4 is 0 Å². The van der Waals surface area contributed by atoms with Crippen LogP contribution in [0.3, 0.4) is 0 Å². The van der Waals surface area contributed by atoms with E-state index >= 15 is 0 Å². The fourth-order valence-corrected chi connectivity index (χ4v) is 1.86. The van der Waals surface area contributed by atoms with Crippen molar-refractivity contribution in [2.24, 2.45) is 5.92 Å². The molecule has 2 rings (SSSR count). The van der Waals surface area contributed by atoms with Crippen LogP contribution in [0.5, 0.6) is 5.75 Å². The van der Waals surface area contributed by atoms with Gasteiger partial charge in [-0.05, 0) is 42.9 Å². The first-order chi connectivity index (χ1) is 8.00. The highest BCUT2D eigenvalue weighted by Gasteiger charge is 2.28. The second-order valence-electron chi connectivity index (χ2n) is 4.82. The molecule has 0 N–H and O–H groups in total. The summed E-state index contributed by atoms with van der Waals surface area (Å²) in [5.74, 6) is -1.61. The summed E-state index contributed by atoms with van der Waals surface area (Å²) in [4.78, 5) is 0. The molecule has 0 bridgehead atoms. The van der Waals surface area contributed by atoms with Crippen molar-refractivity contribution in [2.75, 3.05) is 6.61 Å². The van der Waals surface area contributed by atoms with E-state index in [0.717, 1.165) is 6.92 Å². The van der Waals surface area contributed by atoms with Gasteiger partial charge in [0.25, 0.3) is 5.92 Å². The summed E-state index contributed by atoms with van der Waals surface area (Å²) < 4.78 is 32.4. The van der Waals surface area contributed by atoms with Crippen molar-refractivity contribution in [3.05, 3.63) is 29.3 Å². The van der Waals surface area contributed by atoms with E-state index in [1.54, 1.807) is 12.1 Å². The zero-order chi connectivity index (χ0) is 12.5. The van der Waals surface area contributed by atoms with Gasteiger partial charge in [0.2, 0.25) is 0 Å². The van der Waals surface area contributed by atoms with E-state index in [9.17, 15) is 8.78 Å². The number of halogens is 2. The maximum Gasteiger partial charge on any atom is 0.270 e. The number of benzene rings is 1. The van der Waals surface area contributed by atoms with Gasteiger partial charge in [-0.2, -0.15) is 0 Å². The van der Waals surface area contributed by atoms with E-state index in [-0.39, 0.29) is 5.56 Å². The van der Waals surface area contributed by atoms with Crippen LogP contribution < -0.4 is 4.74 Å². The summed E-state index contributed by atoms with van der Waals surface area (Å²) >= 11 is 0. The Kier molecular flexibility index (Phi) is 3.36. The van der Waals surface area contributed by atoms with Gasteiger partial charge in [0, 0.05) is 12.5 Å². The van der Waals surface area contributed by atoms with Crippen molar-refractivity contribution in [3.63, 3.8) is 0 Å². The Morgan fingerprint density at radius 1 is 1.35 bits per heavy atom. The van der Waals surface area contributed by atoms with E-state index in [1.807, 2.05) is 6.92 Å². The minimum Gasteiger partial charge on any atom is -0.493 e. The molecule has 1 nitrogen and oxygen atoms in total. The highest BCUT2D eigenvalue weighted by Crippen LogP contribution is 2.34. The van der Waals surface area contributed by atoms with Gasteiger partial charge in [0.15, 0.2) is 0 Å². The van der Waals surface area contributed by atoms with E-state index in [0.29, 0.717) is 30.3 Å². The second-order valence-corrected chi connectivity index (χ2v) is 4.82. The molecule has 1 aliphatic rings. The summed E-state index contributed by atoms with van der Waals surface area (Å²) in [5, 5.41) is 0. The molecular weight excluding hydrogens is 222 g/mol. The van der Waals surface area contributed by atoms with Gasteiger partial charge in [-0.25, -0.2) is 8.78 Å². The first-order valence-corrected chi connectivity index (χ1v) is 6.14. The molecule has 0 heterocycles. The van der Waals surface area contributed by atoms with Gasteiger partial charge in [0.1, 0.15) is 5.75 Å². The first-order valence-electron chi connectivity index (χ1n) is 6.14. The van der Waals surface area contributed by atoms with E-state index in [1.165, 1.54) is 18.9 Å². The lowest BCUT2D eigenvalue weighted by Gasteiger charge is -2.16. The van der Waals surface area contributed by atoms with Crippen molar-refractivity contribution in [2.45, 2.75) is 39.0 Å². The first kappa shape index (κ1) is 12.3. The summed E-state index contributed by atoms with van der Waals surface area (Å²) in [6.45, 7) is 3.47. The molecule has 1 aromatic rings. The number of alkyl halides is 2. The average Bonchev–Trinajstić information content (AvgIpc) is 3.08. The van der Waals surface area contributed by atoms with Crippen LogP contribution in [0.15, 0.2) is 18.2 Å². The van der Waals surface area contributed by atoms with Crippen LogP contribution in [0.1, 0.15) is 37.8 Å². The molecule has 0 radical (unpaired) electrons. The molecule has 0 unspecified atom stereocenters. The van der Waals surface area contributed by atoms with Crippen molar-refractivity contribution in [1.82, 2.24) is 0 Å². The molecule has 0 spiro atoms. The quantitative estimate of drug-likeness (QED) is 0.751. The van der Waals surface area contributed by atoms with Gasteiger partial charge in [0.05, 0.1) is 6.61 Å². The summed E-state index contributed by atoms with van der Waals surface area (Å²) in [6.07, 6.45) is 3.01. The van der Waals surface area contributed by atoms with Crippen molar-refractivity contribution in [1.29, 1.82) is 0 Å². The standard InChI is InChI=1S/C14H18F2O/c1-3-11-6-7-12(17-9-10-4-5-10)8-13(11)14(2,15)16/h6-8,10H,3-5,9H2,1-2H3. The molecular formula is C14H18F2O. The molecule has 1 saturated carbocycles. The largest absolute Gasteiger partial charge is 0.493 e. The average molecular weight is 240 g/mol. The van der Waals surface area contributed by atoms with Crippen LogP contribution in [0.25, 0.3) is 0 Å². The number of ether oxygens (including phenoxy) is 1. The van der Waals surface area contributed by atoms with Gasteiger partial charge >= 0.3 is 0 Å². The van der Waals surface area contributed by atoms with E-state index < -0.39 is 5.92 Å². The van der Waals surface area contributed by atoms with Crippen molar-refractivity contribution < 1.29 is 13.5 Å².